The molecule has 0 bridgehead atoms. The Balaban J connectivity index is 0.000000704. The summed E-state index contributed by atoms with van der Waals surface area (Å²) in [4.78, 5) is 88.0. The van der Waals surface area contributed by atoms with Crippen LogP contribution in [-0.2, 0) is 14.2 Å². The van der Waals surface area contributed by atoms with E-state index < -0.39 is 18.1 Å². The number of carbonyl (C=O) groups is 3. The molecule has 0 radical (unpaired) electrons. The smallest absolute Gasteiger partial charge is 0.321 e. The van der Waals surface area contributed by atoms with Crippen LogP contribution in [0.4, 0.5) is 32.2 Å². The molecule has 11 N–H and O–H groups in total. The van der Waals surface area contributed by atoms with Gasteiger partial charge in [0.2, 0.25) is 17.8 Å². The minimum absolute atomic E-state index is 0. The molecule has 3 heterocycles. The maximum Gasteiger partial charge on any atom is 0.321 e. The van der Waals surface area contributed by atoms with Crippen molar-refractivity contribution in [2.75, 3.05) is 81.8 Å². The highest BCUT2D eigenvalue weighted by molar-refractivity contribution is 5.88. The van der Waals surface area contributed by atoms with E-state index in [-0.39, 0.29) is 46.9 Å². The second-order valence-corrected chi connectivity index (χ2v) is 11.4. The van der Waals surface area contributed by atoms with Gasteiger partial charge in [-0.3, -0.25) is 45.3 Å². The Kier molecular flexibility index (Phi) is 24.3. The van der Waals surface area contributed by atoms with Gasteiger partial charge in [-0.15, -0.1) is 12.4 Å². The Labute approximate surface area is 322 Å². The first-order valence-electron chi connectivity index (χ1n) is 17.2. The van der Waals surface area contributed by atoms with Gasteiger partial charge in [0, 0.05) is 68.1 Å². The average molecular weight is 798 g/mol. The number of aromatic nitrogens is 6. The lowest BCUT2D eigenvalue weighted by molar-refractivity contribution is 0.0140. The number of ether oxygens (including phenoxy) is 3. The van der Waals surface area contributed by atoms with Crippen LogP contribution < -0.4 is 54.3 Å². The molecular formula is C32H52ClN13O9. The summed E-state index contributed by atoms with van der Waals surface area (Å²) >= 11 is 0. The molecule has 0 unspecified atom stereocenters. The molecule has 55 heavy (non-hydrogen) atoms. The Morgan fingerprint density at radius 1 is 0.545 bits per heavy atom. The number of hydrogen-bond acceptors (Lipinski definition) is 13. The van der Waals surface area contributed by atoms with Gasteiger partial charge in [0.25, 0.3) is 16.7 Å². The summed E-state index contributed by atoms with van der Waals surface area (Å²) in [7, 11) is 0. The fourth-order valence-electron chi connectivity index (χ4n) is 4.14. The molecule has 23 heteroatoms. The molecule has 0 spiro atoms. The fourth-order valence-corrected chi connectivity index (χ4v) is 4.14. The van der Waals surface area contributed by atoms with Crippen molar-refractivity contribution in [2.24, 2.45) is 5.73 Å². The number of urea groups is 3. The summed E-state index contributed by atoms with van der Waals surface area (Å²) in [5, 5.41) is 15.3. The van der Waals surface area contributed by atoms with Crippen LogP contribution in [0.5, 0.6) is 0 Å². The van der Waals surface area contributed by atoms with Gasteiger partial charge in [-0.2, -0.15) is 0 Å². The highest BCUT2D eigenvalue weighted by atomic mass is 35.5. The molecule has 6 amide bonds. The van der Waals surface area contributed by atoms with Gasteiger partial charge in [-0.25, -0.2) is 29.3 Å². The molecule has 22 nitrogen and oxygen atoms in total. The number of nitrogens with zero attached hydrogens (tertiary/aromatic N) is 3. The first-order chi connectivity index (χ1) is 25.9. The van der Waals surface area contributed by atoms with Gasteiger partial charge < -0.3 is 35.9 Å². The monoisotopic (exact) mass is 797 g/mol. The number of amides is 6. The maximum atomic E-state index is 11.8. The quantitative estimate of drug-likeness (QED) is 0.0662. The minimum atomic E-state index is -0.465. The minimum Gasteiger partial charge on any atom is -0.379 e. The van der Waals surface area contributed by atoms with E-state index in [2.05, 4.69) is 61.8 Å². The molecular weight excluding hydrogens is 746 g/mol. The largest absolute Gasteiger partial charge is 0.379 e. The topological polar surface area (TPSA) is 314 Å². The third-order valence-corrected chi connectivity index (χ3v) is 6.47. The number of anilines is 3. The van der Waals surface area contributed by atoms with Crippen molar-refractivity contribution < 1.29 is 28.6 Å². The molecule has 0 saturated carbocycles. The van der Waals surface area contributed by atoms with Gasteiger partial charge in [-0.05, 0) is 53.0 Å². The van der Waals surface area contributed by atoms with Gasteiger partial charge in [0.15, 0.2) is 0 Å². The first-order valence-corrected chi connectivity index (χ1v) is 17.2. The predicted molar refractivity (Wildman–Crippen MR) is 207 cm³/mol. The van der Waals surface area contributed by atoms with Crippen LogP contribution in [-0.4, -0.2) is 114 Å². The third-order valence-electron chi connectivity index (χ3n) is 6.47. The number of H-pyrrole nitrogens is 3. The zero-order chi connectivity index (χ0) is 39.6. The number of nitrogens with one attached hydrogen (secondary N) is 9. The van der Waals surface area contributed by atoms with E-state index >= 15 is 0 Å². The van der Waals surface area contributed by atoms with Crippen LogP contribution in [0.3, 0.4) is 0 Å². The number of unbranched alkanes of at least 4 members (excludes halogenated alkanes) is 1. The highest BCUT2D eigenvalue weighted by Gasteiger charge is 2.06. The Morgan fingerprint density at radius 2 is 0.855 bits per heavy atom. The summed E-state index contributed by atoms with van der Waals surface area (Å²) in [5.74, 6) is 0.330. The number of rotatable bonds is 21. The van der Waals surface area contributed by atoms with E-state index in [0.29, 0.717) is 95.7 Å². The number of aryl methyl sites for hydroxylation is 3. The van der Waals surface area contributed by atoms with Crippen LogP contribution in [0.25, 0.3) is 0 Å². The molecule has 0 aliphatic heterocycles. The van der Waals surface area contributed by atoms with Crippen molar-refractivity contribution >= 4 is 48.3 Å². The van der Waals surface area contributed by atoms with E-state index in [1.165, 1.54) is 18.2 Å². The molecule has 0 atom stereocenters. The van der Waals surface area contributed by atoms with Crippen molar-refractivity contribution in [1.82, 2.24) is 45.9 Å². The van der Waals surface area contributed by atoms with E-state index in [1.807, 2.05) is 0 Å². The molecule has 306 valence electrons. The number of nitrogens with two attached hydrogens (primary N) is 1. The SMILES string of the molecule is Cc1cc(=O)[nH]c(NC(=O)NCCCCN)n1.Cc1cc(=O)[nH]c(NC(=O)NCCCOCCOCCOCCCNC(=O)Nc2nc(C)cc(=O)[nH]2)n1.Cl. The first kappa shape index (κ1) is 47.6. The van der Waals surface area contributed by atoms with Crippen LogP contribution in [0.1, 0.15) is 42.8 Å². The second kappa shape index (κ2) is 28.1. The van der Waals surface area contributed by atoms with Gasteiger partial charge in [0.05, 0.1) is 26.4 Å². The summed E-state index contributed by atoms with van der Waals surface area (Å²) in [6, 6.07) is 2.69. The third kappa shape index (κ3) is 23.8. The van der Waals surface area contributed by atoms with Crippen LogP contribution in [0, 0.1) is 20.8 Å². The molecule has 3 rings (SSSR count). The van der Waals surface area contributed by atoms with E-state index in [0.717, 1.165) is 12.8 Å². The van der Waals surface area contributed by atoms with Crippen molar-refractivity contribution in [3.05, 3.63) is 66.3 Å². The predicted octanol–water partition coefficient (Wildman–Crippen LogP) is 0.604. The van der Waals surface area contributed by atoms with E-state index in [1.54, 1.807) is 20.8 Å². The molecule has 3 aromatic heterocycles. The van der Waals surface area contributed by atoms with Crippen molar-refractivity contribution in [1.29, 1.82) is 0 Å². The van der Waals surface area contributed by atoms with Gasteiger partial charge >= 0.3 is 18.1 Å². The highest BCUT2D eigenvalue weighted by Crippen LogP contribution is 1.97. The normalized spacial score (nSPS) is 10.3. The molecule has 0 fully saturated rings. The summed E-state index contributed by atoms with van der Waals surface area (Å²) in [5.41, 5.74) is 5.92. The lowest BCUT2D eigenvalue weighted by Gasteiger charge is -2.09. The number of hydrogen-bond donors (Lipinski definition) is 10. The molecule has 3 aromatic rings. The number of carbonyl (C=O) groups excluding carboxylic acids is 3. The summed E-state index contributed by atoms with van der Waals surface area (Å²) < 4.78 is 16.3. The lowest BCUT2D eigenvalue weighted by atomic mass is 10.3. The Hall–Kier alpha value is -5.42. The number of aromatic amines is 3. The van der Waals surface area contributed by atoms with E-state index in [9.17, 15) is 28.8 Å². The maximum absolute atomic E-state index is 11.8. The summed E-state index contributed by atoms with van der Waals surface area (Å²) in [6.07, 6.45) is 2.90. The standard InChI is InChI=1S/C22H34N8O7.C10H17N5O2.ClH/c1-15-13-17(31)27-19(25-15)29-21(33)23-5-3-7-35-9-11-37-12-10-36-8-4-6-24-22(34)30-20-26-16(2)14-18(32)28-20;1-7-6-8(16)14-9(13-7)15-10(17)12-5-3-2-4-11;/h13-14H,3-12H2,1-2H3,(H3,23,25,27,29,31,33)(H3,24,26,28,30,32,34);6H,2-5,11H2,1H3,(H3,12,13,14,15,16,17);1H. The van der Waals surface area contributed by atoms with Crippen molar-refractivity contribution in [3.63, 3.8) is 0 Å². The number of halogens is 1. The van der Waals surface area contributed by atoms with Crippen LogP contribution in [0.2, 0.25) is 0 Å². The van der Waals surface area contributed by atoms with E-state index in [4.69, 9.17) is 19.9 Å². The van der Waals surface area contributed by atoms with Crippen molar-refractivity contribution in [3.8, 4) is 0 Å². The molecule has 0 aromatic carbocycles. The molecule has 0 aliphatic carbocycles. The zero-order valence-electron chi connectivity index (χ0n) is 31.1. The van der Waals surface area contributed by atoms with Crippen molar-refractivity contribution in [2.45, 2.75) is 46.5 Å². The van der Waals surface area contributed by atoms with Crippen LogP contribution in [0.15, 0.2) is 32.6 Å². The second-order valence-electron chi connectivity index (χ2n) is 11.4. The summed E-state index contributed by atoms with van der Waals surface area (Å²) in [6.45, 7) is 9.52. The van der Waals surface area contributed by atoms with Gasteiger partial charge in [-0.1, -0.05) is 0 Å². The average Bonchev–Trinajstić information content (AvgIpc) is 3.07. The molecule has 0 aliphatic rings. The Morgan fingerprint density at radius 3 is 1.16 bits per heavy atom. The Bertz CT molecular complexity index is 1690. The lowest BCUT2D eigenvalue weighted by Crippen LogP contribution is -2.31. The molecule has 0 saturated heterocycles. The zero-order valence-corrected chi connectivity index (χ0v) is 31.9. The van der Waals surface area contributed by atoms with Crippen LogP contribution >= 0.6 is 12.4 Å². The fraction of sp³-hybridized carbons (Fsp3) is 0.531. The van der Waals surface area contributed by atoms with Gasteiger partial charge in [0.1, 0.15) is 0 Å².